The normalized spacial score (nSPS) is 19.7. The van der Waals surface area contributed by atoms with Crippen LogP contribution in [0.2, 0.25) is 0 Å². The monoisotopic (exact) mass is 326 g/mol. The zero-order valence-corrected chi connectivity index (χ0v) is 13.7. The van der Waals surface area contributed by atoms with E-state index in [0.29, 0.717) is 18.7 Å². The molecule has 0 aliphatic carbocycles. The third kappa shape index (κ3) is 6.53. The van der Waals surface area contributed by atoms with Crippen LogP contribution in [0.1, 0.15) is 12.5 Å². The summed E-state index contributed by atoms with van der Waals surface area (Å²) in [6.45, 7) is 6.95. The van der Waals surface area contributed by atoms with Gasteiger partial charge in [0.15, 0.2) is 0 Å². The van der Waals surface area contributed by atoms with Crippen LogP contribution in [0.15, 0.2) is 24.3 Å². The van der Waals surface area contributed by atoms with Gasteiger partial charge in [0.2, 0.25) is 0 Å². The molecule has 2 N–H and O–H groups in total. The van der Waals surface area contributed by atoms with Crippen LogP contribution in [0.3, 0.4) is 0 Å². The predicted octanol–water partition coefficient (Wildman–Crippen LogP) is 0.702. The van der Waals surface area contributed by atoms with E-state index in [1.165, 1.54) is 6.07 Å². The van der Waals surface area contributed by atoms with Crippen LogP contribution in [0.25, 0.3) is 0 Å². The molecule has 0 amide bonds. The van der Waals surface area contributed by atoms with Gasteiger partial charge in [-0.05, 0) is 13.0 Å². The molecule has 2 rings (SSSR count). The molecule has 1 aromatic rings. The van der Waals surface area contributed by atoms with Crippen LogP contribution in [-0.4, -0.2) is 78.1 Å². The Kier molecular flexibility index (Phi) is 7.39. The Hall–Kier alpha value is -1.05. The summed E-state index contributed by atoms with van der Waals surface area (Å²) in [6.07, 6.45) is -0.885. The number of rotatable bonds is 8. The summed E-state index contributed by atoms with van der Waals surface area (Å²) in [5, 5.41) is 19.4. The van der Waals surface area contributed by atoms with Crippen molar-refractivity contribution in [2.24, 2.45) is 0 Å². The minimum atomic E-state index is -0.579. The standard InChI is InChI=1S/C17H27FN2O3/c1-14(21)10-19-6-8-20(9-7-19)11-16(22)13-23-12-15-4-2-3-5-17(15)18/h2-5,14,16,21-22H,6-13H2,1H3/t14-,16-/m0/s1. The van der Waals surface area contributed by atoms with Gasteiger partial charge in [0.1, 0.15) is 5.82 Å². The molecular weight excluding hydrogens is 299 g/mol. The highest BCUT2D eigenvalue weighted by molar-refractivity contribution is 5.16. The lowest BCUT2D eigenvalue weighted by atomic mass is 10.2. The van der Waals surface area contributed by atoms with Gasteiger partial charge in [0.05, 0.1) is 25.4 Å². The van der Waals surface area contributed by atoms with Crippen LogP contribution >= 0.6 is 0 Å². The van der Waals surface area contributed by atoms with Gasteiger partial charge in [-0.15, -0.1) is 0 Å². The Bertz CT molecular complexity index is 465. The van der Waals surface area contributed by atoms with Crippen LogP contribution in [-0.2, 0) is 11.3 Å². The highest BCUT2D eigenvalue weighted by Gasteiger charge is 2.20. The van der Waals surface area contributed by atoms with Crippen molar-refractivity contribution in [2.45, 2.75) is 25.7 Å². The topological polar surface area (TPSA) is 56.2 Å². The molecule has 6 heteroatoms. The molecule has 1 heterocycles. The second kappa shape index (κ2) is 9.30. The molecule has 5 nitrogen and oxygen atoms in total. The van der Waals surface area contributed by atoms with Crippen LogP contribution < -0.4 is 0 Å². The lowest BCUT2D eigenvalue weighted by Gasteiger charge is -2.36. The molecule has 1 saturated heterocycles. The smallest absolute Gasteiger partial charge is 0.128 e. The van der Waals surface area contributed by atoms with E-state index < -0.39 is 6.10 Å². The van der Waals surface area contributed by atoms with E-state index in [2.05, 4.69) is 9.80 Å². The average molecular weight is 326 g/mol. The summed E-state index contributed by atoms with van der Waals surface area (Å²) in [4.78, 5) is 4.41. The second-order valence-corrected chi connectivity index (χ2v) is 6.21. The van der Waals surface area contributed by atoms with Gasteiger partial charge in [-0.3, -0.25) is 9.80 Å². The van der Waals surface area contributed by atoms with Crippen LogP contribution in [0.4, 0.5) is 4.39 Å². The number of β-amino-alcohol motifs (C(OH)–C–C–N with tert-alkyl or cyclic N) is 2. The summed E-state index contributed by atoms with van der Waals surface area (Å²) < 4.78 is 18.9. The summed E-state index contributed by atoms with van der Waals surface area (Å²) in [7, 11) is 0. The van der Waals surface area contributed by atoms with Gasteiger partial charge in [-0.25, -0.2) is 4.39 Å². The third-order valence-electron chi connectivity index (χ3n) is 3.98. The molecule has 1 aromatic carbocycles. The largest absolute Gasteiger partial charge is 0.392 e. The minimum Gasteiger partial charge on any atom is -0.392 e. The Morgan fingerprint density at radius 2 is 1.70 bits per heavy atom. The Morgan fingerprint density at radius 3 is 2.30 bits per heavy atom. The summed E-state index contributed by atoms with van der Waals surface area (Å²) in [5.41, 5.74) is 0.506. The fourth-order valence-electron chi connectivity index (χ4n) is 2.80. The zero-order valence-electron chi connectivity index (χ0n) is 13.7. The molecule has 0 radical (unpaired) electrons. The quantitative estimate of drug-likeness (QED) is 0.737. The van der Waals surface area contributed by atoms with Gasteiger partial charge in [-0.2, -0.15) is 0 Å². The highest BCUT2D eigenvalue weighted by atomic mass is 19.1. The molecule has 0 saturated carbocycles. The van der Waals surface area contributed by atoms with Crippen molar-refractivity contribution in [3.05, 3.63) is 35.6 Å². The van der Waals surface area contributed by atoms with Crippen LogP contribution in [0, 0.1) is 5.82 Å². The molecule has 130 valence electrons. The molecule has 23 heavy (non-hydrogen) atoms. The maximum absolute atomic E-state index is 13.4. The molecular formula is C17H27FN2O3. The van der Waals surface area contributed by atoms with Crippen molar-refractivity contribution in [3.63, 3.8) is 0 Å². The van der Waals surface area contributed by atoms with Gasteiger partial charge >= 0.3 is 0 Å². The number of piperazine rings is 1. The van der Waals surface area contributed by atoms with Crippen molar-refractivity contribution in [3.8, 4) is 0 Å². The SMILES string of the molecule is C[C@H](O)CN1CCN(C[C@H](O)COCc2ccccc2F)CC1. The van der Waals surface area contributed by atoms with Gasteiger partial charge in [0.25, 0.3) is 0 Å². The number of ether oxygens (including phenoxy) is 1. The average Bonchev–Trinajstić information content (AvgIpc) is 2.51. The molecule has 1 aliphatic heterocycles. The Labute approximate surface area is 137 Å². The highest BCUT2D eigenvalue weighted by Crippen LogP contribution is 2.08. The molecule has 0 aromatic heterocycles. The molecule has 0 unspecified atom stereocenters. The van der Waals surface area contributed by atoms with Crippen LogP contribution in [0.5, 0.6) is 0 Å². The Balaban J connectivity index is 1.62. The first kappa shape index (κ1) is 18.3. The first-order chi connectivity index (χ1) is 11.0. The van der Waals surface area contributed by atoms with Gasteiger partial charge in [0, 0.05) is 44.8 Å². The van der Waals surface area contributed by atoms with E-state index in [-0.39, 0.29) is 25.1 Å². The van der Waals surface area contributed by atoms with Crippen molar-refractivity contribution in [1.82, 2.24) is 9.80 Å². The molecule has 2 atom stereocenters. The van der Waals surface area contributed by atoms with Gasteiger partial charge in [-0.1, -0.05) is 18.2 Å². The second-order valence-electron chi connectivity index (χ2n) is 6.21. The van der Waals surface area contributed by atoms with Crippen molar-refractivity contribution >= 4 is 0 Å². The number of halogens is 1. The van der Waals surface area contributed by atoms with E-state index in [4.69, 9.17) is 4.74 Å². The molecule has 1 fully saturated rings. The van der Waals surface area contributed by atoms with Crippen molar-refractivity contribution in [1.29, 1.82) is 0 Å². The first-order valence-corrected chi connectivity index (χ1v) is 8.16. The summed E-state index contributed by atoms with van der Waals surface area (Å²) >= 11 is 0. The number of hydrogen-bond donors (Lipinski definition) is 2. The maximum Gasteiger partial charge on any atom is 0.128 e. The van der Waals surface area contributed by atoms with E-state index in [1.807, 2.05) is 0 Å². The minimum absolute atomic E-state index is 0.173. The zero-order chi connectivity index (χ0) is 16.7. The fourth-order valence-corrected chi connectivity index (χ4v) is 2.80. The van der Waals surface area contributed by atoms with E-state index in [9.17, 15) is 14.6 Å². The van der Waals surface area contributed by atoms with Gasteiger partial charge < -0.3 is 14.9 Å². The number of aliphatic hydroxyl groups is 2. The molecule has 1 aliphatic rings. The summed E-state index contributed by atoms with van der Waals surface area (Å²) in [5.74, 6) is -0.281. The summed E-state index contributed by atoms with van der Waals surface area (Å²) in [6, 6.07) is 6.50. The lowest BCUT2D eigenvalue weighted by Crippen LogP contribution is -2.50. The third-order valence-corrected chi connectivity index (χ3v) is 3.98. The van der Waals surface area contributed by atoms with Crippen molar-refractivity contribution in [2.75, 3.05) is 45.9 Å². The van der Waals surface area contributed by atoms with Crippen molar-refractivity contribution < 1.29 is 19.3 Å². The fraction of sp³-hybridized carbons (Fsp3) is 0.647. The number of benzene rings is 1. The number of hydrogen-bond acceptors (Lipinski definition) is 5. The predicted molar refractivity (Wildman–Crippen MR) is 86.6 cm³/mol. The van der Waals surface area contributed by atoms with E-state index >= 15 is 0 Å². The first-order valence-electron chi connectivity index (χ1n) is 8.16. The number of nitrogens with zero attached hydrogens (tertiary/aromatic N) is 2. The lowest BCUT2D eigenvalue weighted by molar-refractivity contribution is -0.00198. The van der Waals surface area contributed by atoms with E-state index in [1.54, 1.807) is 25.1 Å². The number of aliphatic hydroxyl groups excluding tert-OH is 2. The molecule has 0 bridgehead atoms. The van der Waals surface area contributed by atoms with E-state index in [0.717, 1.165) is 26.2 Å². The molecule has 0 spiro atoms. The Morgan fingerprint density at radius 1 is 1.09 bits per heavy atom. The maximum atomic E-state index is 13.4.